The Morgan fingerprint density at radius 3 is 2.12 bits per heavy atom. The minimum absolute atomic E-state index is 0.665. The Bertz CT molecular complexity index is 1260. The largest absolute Gasteiger partial charge is 0.481 e. The third kappa shape index (κ3) is 4.33. The standard InChI is InChI=1S/C28H25NO3S/c1-19-25(18-33-17-20-5-3-2-4-6-20)26(32-29-19)23-9-7-21(8-10-23)22-11-13-24(14-12-22)28(15-16-28)27(30)31/h2-14H,15-18H2,1H3,(H,30,31). The van der Waals surface area contributed by atoms with Crippen molar-refractivity contribution in [1.82, 2.24) is 5.16 Å². The molecule has 4 nitrogen and oxygen atoms in total. The number of benzene rings is 3. The average Bonchev–Trinajstić information content (AvgIpc) is 3.59. The van der Waals surface area contributed by atoms with E-state index in [2.05, 4.69) is 53.7 Å². The number of aromatic nitrogens is 1. The number of thioether (sulfide) groups is 1. The van der Waals surface area contributed by atoms with Crippen molar-refractivity contribution in [3.8, 4) is 22.5 Å². The number of aliphatic carboxylic acids is 1. The van der Waals surface area contributed by atoms with Crippen LogP contribution >= 0.6 is 11.8 Å². The lowest BCUT2D eigenvalue weighted by molar-refractivity contribution is -0.140. The first kappa shape index (κ1) is 21.5. The molecular weight excluding hydrogens is 430 g/mol. The fourth-order valence-electron chi connectivity index (χ4n) is 4.18. The first-order valence-electron chi connectivity index (χ1n) is 11.1. The second-order valence-corrected chi connectivity index (χ2v) is 9.58. The number of hydrogen-bond donors (Lipinski definition) is 1. The van der Waals surface area contributed by atoms with Crippen molar-refractivity contribution in [3.05, 3.63) is 101 Å². The second-order valence-electron chi connectivity index (χ2n) is 8.60. The Morgan fingerprint density at radius 2 is 1.52 bits per heavy atom. The molecule has 0 amide bonds. The van der Waals surface area contributed by atoms with Crippen molar-refractivity contribution in [1.29, 1.82) is 0 Å². The van der Waals surface area contributed by atoms with E-state index in [1.165, 1.54) is 5.56 Å². The van der Waals surface area contributed by atoms with Gasteiger partial charge in [0, 0.05) is 22.6 Å². The van der Waals surface area contributed by atoms with E-state index in [4.69, 9.17) is 4.52 Å². The lowest BCUT2D eigenvalue weighted by Crippen LogP contribution is -2.19. The van der Waals surface area contributed by atoms with Crippen molar-refractivity contribution in [2.75, 3.05) is 0 Å². The summed E-state index contributed by atoms with van der Waals surface area (Å²) in [5.41, 5.74) is 6.76. The number of rotatable bonds is 8. The molecule has 1 saturated carbocycles. The summed E-state index contributed by atoms with van der Waals surface area (Å²) >= 11 is 1.86. The zero-order valence-electron chi connectivity index (χ0n) is 18.5. The molecule has 166 valence electrons. The number of carboxylic acid groups (broad SMARTS) is 1. The molecule has 0 radical (unpaired) electrons. The van der Waals surface area contributed by atoms with Crippen LogP contribution in [0.2, 0.25) is 0 Å². The van der Waals surface area contributed by atoms with Crippen LogP contribution in [-0.2, 0) is 21.7 Å². The summed E-state index contributed by atoms with van der Waals surface area (Å²) in [5.74, 6) is 1.89. The molecule has 4 aromatic rings. The zero-order chi connectivity index (χ0) is 22.8. The SMILES string of the molecule is Cc1noc(-c2ccc(-c3ccc(C4(C(=O)O)CC4)cc3)cc2)c1CSCc1ccccc1. The van der Waals surface area contributed by atoms with Crippen LogP contribution in [0.3, 0.4) is 0 Å². The molecular formula is C28H25NO3S. The highest BCUT2D eigenvalue weighted by Gasteiger charge is 2.51. The van der Waals surface area contributed by atoms with Crippen molar-refractivity contribution >= 4 is 17.7 Å². The van der Waals surface area contributed by atoms with E-state index < -0.39 is 11.4 Å². The van der Waals surface area contributed by atoms with E-state index in [1.54, 1.807) is 0 Å². The van der Waals surface area contributed by atoms with Gasteiger partial charge >= 0.3 is 5.97 Å². The maximum absolute atomic E-state index is 11.6. The van der Waals surface area contributed by atoms with Crippen molar-refractivity contribution in [2.24, 2.45) is 0 Å². The van der Waals surface area contributed by atoms with E-state index in [-0.39, 0.29) is 0 Å². The molecule has 3 aromatic carbocycles. The molecule has 1 heterocycles. The molecule has 1 aliphatic rings. The molecule has 1 N–H and O–H groups in total. The summed E-state index contributed by atoms with van der Waals surface area (Å²) in [5, 5.41) is 13.7. The fourth-order valence-corrected chi connectivity index (χ4v) is 5.25. The van der Waals surface area contributed by atoms with Crippen molar-refractivity contribution in [3.63, 3.8) is 0 Å². The molecule has 5 rings (SSSR count). The number of carbonyl (C=O) groups is 1. The van der Waals surface area contributed by atoms with Gasteiger partial charge in [0.1, 0.15) is 0 Å². The first-order chi connectivity index (χ1) is 16.1. The lowest BCUT2D eigenvalue weighted by atomic mass is 9.93. The van der Waals surface area contributed by atoms with Gasteiger partial charge in [0.05, 0.1) is 11.1 Å². The molecule has 33 heavy (non-hydrogen) atoms. The molecule has 1 aliphatic carbocycles. The van der Waals surface area contributed by atoms with Gasteiger partial charge in [0.15, 0.2) is 5.76 Å². The highest BCUT2D eigenvalue weighted by molar-refractivity contribution is 7.97. The molecule has 0 saturated heterocycles. The van der Waals surface area contributed by atoms with Gasteiger partial charge in [-0.25, -0.2) is 0 Å². The normalized spacial score (nSPS) is 14.2. The van der Waals surface area contributed by atoms with Crippen LogP contribution in [0.4, 0.5) is 0 Å². The zero-order valence-corrected chi connectivity index (χ0v) is 19.3. The first-order valence-corrected chi connectivity index (χ1v) is 12.2. The number of aryl methyl sites for hydroxylation is 1. The number of hydrogen-bond acceptors (Lipinski definition) is 4. The van der Waals surface area contributed by atoms with Gasteiger partial charge in [-0.2, -0.15) is 11.8 Å². The van der Waals surface area contributed by atoms with Gasteiger partial charge in [0.2, 0.25) is 0 Å². The fraction of sp³-hybridized carbons (Fsp3) is 0.214. The minimum Gasteiger partial charge on any atom is -0.481 e. The summed E-state index contributed by atoms with van der Waals surface area (Å²) < 4.78 is 5.69. The van der Waals surface area contributed by atoms with E-state index in [1.807, 2.05) is 49.0 Å². The Morgan fingerprint density at radius 1 is 0.909 bits per heavy atom. The third-order valence-electron chi connectivity index (χ3n) is 6.42. The smallest absolute Gasteiger partial charge is 0.314 e. The van der Waals surface area contributed by atoms with Crippen LogP contribution in [0.5, 0.6) is 0 Å². The molecule has 0 bridgehead atoms. The van der Waals surface area contributed by atoms with E-state index in [0.717, 1.165) is 63.6 Å². The summed E-state index contributed by atoms with van der Waals surface area (Å²) in [6.45, 7) is 1.99. The highest BCUT2D eigenvalue weighted by atomic mass is 32.2. The molecule has 0 spiro atoms. The Balaban J connectivity index is 1.30. The number of carboxylic acids is 1. The maximum atomic E-state index is 11.6. The van der Waals surface area contributed by atoms with E-state index in [0.29, 0.717) is 0 Å². The van der Waals surface area contributed by atoms with Gasteiger partial charge in [0.25, 0.3) is 0 Å². The van der Waals surface area contributed by atoms with Crippen LogP contribution in [-0.4, -0.2) is 16.2 Å². The Hall–Kier alpha value is -3.31. The van der Waals surface area contributed by atoms with Gasteiger partial charge in [-0.1, -0.05) is 84.0 Å². The lowest BCUT2D eigenvalue weighted by Gasteiger charge is -2.11. The molecule has 0 unspecified atom stereocenters. The van der Waals surface area contributed by atoms with E-state index >= 15 is 0 Å². The predicted molar refractivity (Wildman–Crippen MR) is 132 cm³/mol. The monoisotopic (exact) mass is 455 g/mol. The van der Waals surface area contributed by atoms with Crippen LogP contribution in [0, 0.1) is 6.92 Å². The highest BCUT2D eigenvalue weighted by Crippen LogP contribution is 2.48. The molecule has 5 heteroatoms. The Labute approximate surface area is 197 Å². The molecule has 1 aromatic heterocycles. The second kappa shape index (κ2) is 8.91. The summed E-state index contributed by atoms with van der Waals surface area (Å²) in [4.78, 5) is 11.6. The summed E-state index contributed by atoms with van der Waals surface area (Å²) in [6, 6.07) is 26.7. The summed E-state index contributed by atoms with van der Waals surface area (Å²) in [6.07, 6.45) is 1.44. The summed E-state index contributed by atoms with van der Waals surface area (Å²) in [7, 11) is 0. The molecule has 0 atom stereocenters. The average molecular weight is 456 g/mol. The number of nitrogens with zero attached hydrogens (tertiary/aromatic N) is 1. The van der Waals surface area contributed by atoms with Crippen LogP contribution < -0.4 is 0 Å². The molecule has 0 aliphatic heterocycles. The van der Waals surface area contributed by atoms with Gasteiger partial charge in [-0.15, -0.1) is 0 Å². The van der Waals surface area contributed by atoms with Gasteiger partial charge in [-0.3, -0.25) is 4.79 Å². The Kier molecular flexibility index (Phi) is 5.81. The van der Waals surface area contributed by atoms with Crippen LogP contribution in [0.25, 0.3) is 22.5 Å². The van der Waals surface area contributed by atoms with Crippen LogP contribution in [0.1, 0.15) is 35.2 Å². The van der Waals surface area contributed by atoms with Crippen molar-refractivity contribution in [2.45, 2.75) is 36.7 Å². The van der Waals surface area contributed by atoms with Gasteiger partial charge in [-0.05, 0) is 42.0 Å². The minimum atomic E-state index is -0.723. The van der Waals surface area contributed by atoms with Gasteiger partial charge < -0.3 is 9.63 Å². The van der Waals surface area contributed by atoms with Crippen molar-refractivity contribution < 1.29 is 14.4 Å². The maximum Gasteiger partial charge on any atom is 0.314 e. The quantitative estimate of drug-likeness (QED) is 0.314. The predicted octanol–water partition coefficient (Wildman–Crippen LogP) is 6.87. The topological polar surface area (TPSA) is 63.3 Å². The van der Waals surface area contributed by atoms with E-state index in [9.17, 15) is 9.90 Å². The van der Waals surface area contributed by atoms with Crippen LogP contribution in [0.15, 0.2) is 83.4 Å². The molecule has 1 fully saturated rings. The third-order valence-corrected chi connectivity index (χ3v) is 7.45.